The molecule has 8 heteroatoms. The van der Waals surface area contributed by atoms with E-state index in [1.807, 2.05) is 0 Å². The van der Waals surface area contributed by atoms with Crippen molar-refractivity contribution in [3.8, 4) is 0 Å². The summed E-state index contributed by atoms with van der Waals surface area (Å²) in [5.41, 5.74) is -0.404. The van der Waals surface area contributed by atoms with Crippen LogP contribution in [0, 0.1) is 17.0 Å². The molecule has 6 nitrogen and oxygen atoms in total. The highest BCUT2D eigenvalue weighted by Gasteiger charge is 2.22. The number of benzene rings is 1. The van der Waals surface area contributed by atoms with E-state index in [0.717, 1.165) is 12.1 Å². The van der Waals surface area contributed by atoms with Crippen LogP contribution < -0.4 is 0 Å². The number of aldehydes is 1. The van der Waals surface area contributed by atoms with Crippen molar-refractivity contribution in [2.75, 3.05) is 0 Å². The molecule has 0 N–H and O–H groups in total. The van der Waals surface area contributed by atoms with Crippen molar-refractivity contribution in [3.05, 3.63) is 33.4 Å². The van der Waals surface area contributed by atoms with Gasteiger partial charge >= 0.3 is 0 Å². The van der Waals surface area contributed by atoms with Gasteiger partial charge in [-0.1, -0.05) is 0 Å². The molecule has 86 valence electrons. The van der Waals surface area contributed by atoms with Gasteiger partial charge in [-0.2, -0.15) is 0 Å². The van der Waals surface area contributed by atoms with Crippen LogP contribution in [-0.2, 0) is 9.05 Å². The van der Waals surface area contributed by atoms with E-state index < -0.39 is 24.6 Å². The van der Waals surface area contributed by atoms with Crippen LogP contribution in [0.15, 0.2) is 17.0 Å². The Kier molecular flexibility index (Phi) is 3.30. The molecule has 0 aromatic heterocycles. The van der Waals surface area contributed by atoms with E-state index in [4.69, 9.17) is 10.7 Å². The van der Waals surface area contributed by atoms with Crippen molar-refractivity contribution >= 4 is 31.7 Å². The highest BCUT2D eigenvalue weighted by Crippen LogP contribution is 2.27. The Hall–Kier alpha value is -1.47. The summed E-state index contributed by atoms with van der Waals surface area (Å²) in [7, 11) is 0.880. The molecule has 0 aliphatic heterocycles. The predicted octanol–water partition coefficient (Wildman–Crippen LogP) is 1.64. The molecule has 0 fully saturated rings. The van der Waals surface area contributed by atoms with Crippen LogP contribution in [0.4, 0.5) is 5.69 Å². The summed E-state index contributed by atoms with van der Waals surface area (Å²) in [5, 5.41) is 10.6. The standard InChI is InChI=1S/C8H6ClNO5S/c1-5-2-6(4-11)8(16(9,14)15)3-7(5)10(12)13/h2-4H,1H3. The molecule has 0 saturated heterocycles. The monoisotopic (exact) mass is 263 g/mol. The highest BCUT2D eigenvalue weighted by molar-refractivity contribution is 8.13. The fraction of sp³-hybridized carbons (Fsp3) is 0.125. The average Bonchev–Trinajstić information content (AvgIpc) is 2.14. The quantitative estimate of drug-likeness (QED) is 0.358. The molecule has 1 aromatic rings. The molecule has 0 bridgehead atoms. The molecule has 0 saturated carbocycles. The van der Waals surface area contributed by atoms with E-state index in [1.54, 1.807) is 0 Å². The van der Waals surface area contributed by atoms with Crippen LogP contribution in [0.3, 0.4) is 0 Å². The summed E-state index contributed by atoms with van der Waals surface area (Å²) in [6.45, 7) is 1.40. The third kappa shape index (κ3) is 2.37. The van der Waals surface area contributed by atoms with Gasteiger partial charge in [-0.15, -0.1) is 0 Å². The van der Waals surface area contributed by atoms with Gasteiger partial charge in [0, 0.05) is 27.9 Å². The first-order chi connectivity index (χ1) is 7.27. The van der Waals surface area contributed by atoms with Crippen molar-refractivity contribution < 1.29 is 18.1 Å². The van der Waals surface area contributed by atoms with Crippen LogP contribution in [0.1, 0.15) is 15.9 Å². The molecule has 0 spiro atoms. The molecular weight excluding hydrogens is 258 g/mol. The van der Waals surface area contributed by atoms with Crippen LogP contribution in [0.2, 0.25) is 0 Å². The van der Waals surface area contributed by atoms with E-state index >= 15 is 0 Å². The van der Waals surface area contributed by atoms with E-state index in [2.05, 4.69) is 0 Å². The van der Waals surface area contributed by atoms with Gasteiger partial charge in [-0.05, 0) is 13.0 Å². The van der Waals surface area contributed by atoms with Gasteiger partial charge in [-0.25, -0.2) is 8.42 Å². The normalized spacial score (nSPS) is 11.1. The average molecular weight is 264 g/mol. The predicted molar refractivity (Wildman–Crippen MR) is 56.3 cm³/mol. The Morgan fingerprint density at radius 3 is 2.38 bits per heavy atom. The molecule has 1 rings (SSSR count). The molecule has 16 heavy (non-hydrogen) atoms. The Balaban J connectivity index is 3.66. The number of hydrogen-bond donors (Lipinski definition) is 0. The molecule has 0 radical (unpaired) electrons. The number of nitrogens with zero attached hydrogens (tertiary/aromatic N) is 1. The fourth-order valence-corrected chi connectivity index (χ4v) is 2.24. The second kappa shape index (κ2) is 4.18. The number of carbonyl (C=O) groups excluding carboxylic acids is 1. The summed E-state index contributed by atoms with van der Waals surface area (Å²) >= 11 is 0. The second-order valence-corrected chi connectivity index (χ2v) is 5.52. The number of carbonyl (C=O) groups is 1. The summed E-state index contributed by atoms with van der Waals surface area (Å²) in [5.74, 6) is 0. The maximum Gasteiger partial charge on any atom is 0.273 e. The molecule has 0 aliphatic rings. The van der Waals surface area contributed by atoms with Crippen molar-refractivity contribution in [2.24, 2.45) is 0 Å². The third-order valence-electron chi connectivity index (χ3n) is 1.91. The molecule has 0 atom stereocenters. The Morgan fingerprint density at radius 2 is 2.00 bits per heavy atom. The largest absolute Gasteiger partial charge is 0.298 e. The Labute approximate surface area is 95.4 Å². The van der Waals surface area contributed by atoms with Crippen LogP contribution in [0.25, 0.3) is 0 Å². The topological polar surface area (TPSA) is 94.3 Å². The number of nitro benzene ring substituents is 1. The lowest BCUT2D eigenvalue weighted by Gasteiger charge is -2.03. The first kappa shape index (κ1) is 12.6. The zero-order valence-electron chi connectivity index (χ0n) is 8.01. The second-order valence-electron chi connectivity index (χ2n) is 2.99. The zero-order valence-corrected chi connectivity index (χ0v) is 9.58. The Bertz CT molecular complexity index is 566. The summed E-state index contributed by atoms with van der Waals surface area (Å²) in [4.78, 5) is 19.9. The van der Waals surface area contributed by atoms with Crippen molar-refractivity contribution in [2.45, 2.75) is 11.8 Å². The number of nitro groups is 1. The zero-order chi connectivity index (χ0) is 12.5. The van der Waals surface area contributed by atoms with Gasteiger partial charge in [-0.3, -0.25) is 14.9 Å². The lowest BCUT2D eigenvalue weighted by molar-refractivity contribution is -0.385. The summed E-state index contributed by atoms with van der Waals surface area (Å²) < 4.78 is 22.2. The van der Waals surface area contributed by atoms with Crippen LogP contribution in [0.5, 0.6) is 0 Å². The number of hydrogen-bond acceptors (Lipinski definition) is 5. The van der Waals surface area contributed by atoms with Crippen molar-refractivity contribution in [1.29, 1.82) is 0 Å². The number of rotatable bonds is 3. The first-order valence-electron chi connectivity index (χ1n) is 3.96. The van der Waals surface area contributed by atoms with Gasteiger partial charge < -0.3 is 0 Å². The van der Waals surface area contributed by atoms with Gasteiger partial charge in [0.2, 0.25) is 0 Å². The number of halogens is 1. The summed E-state index contributed by atoms with van der Waals surface area (Å²) in [6, 6.07) is 1.89. The number of aryl methyl sites for hydroxylation is 1. The molecule has 0 heterocycles. The van der Waals surface area contributed by atoms with E-state index in [0.29, 0.717) is 0 Å². The van der Waals surface area contributed by atoms with E-state index in [9.17, 15) is 23.3 Å². The third-order valence-corrected chi connectivity index (χ3v) is 3.29. The minimum atomic E-state index is -4.18. The van der Waals surface area contributed by atoms with Crippen LogP contribution in [-0.4, -0.2) is 19.6 Å². The molecule has 0 unspecified atom stereocenters. The SMILES string of the molecule is Cc1cc(C=O)c(S(=O)(=O)Cl)cc1[N+](=O)[O-]. The van der Waals surface area contributed by atoms with E-state index in [-0.39, 0.29) is 17.4 Å². The maximum atomic E-state index is 11.1. The fourth-order valence-electron chi connectivity index (χ4n) is 1.20. The minimum absolute atomic E-state index is 0.191. The van der Waals surface area contributed by atoms with Crippen molar-refractivity contribution in [3.63, 3.8) is 0 Å². The van der Waals surface area contributed by atoms with Gasteiger partial charge in [0.25, 0.3) is 14.7 Å². The molecular formula is C8H6ClNO5S. The molecule has 0 aliphatic carbocycles. The lowest BCUT2D eigenvalue weighted by atomic mass is 10.1. The van der Waals surface area contributed by atoms with Gasteiger partial charge in [0.05, 0.1) is 9.82 Å². The maximum absolute atomic E-state index is 11.1. The first-order valence-corrected chi connectivity index (χ1v) is 6.27. The minimum Gasteiger partial charge on any atom is -0.298 e. The Morgan fingerprint density at radius 1 is 1.44 bits per heavy atom. The highest BCUT2D eigenvalue weighted by atomic mass is 35.7. The van der Waals surface area contributed by atoms with E-state index in [1.165, 1.54) is 6.92 Å². The smallest absolute Gasteiger partial charge is 0.273 e. The molecule has 1 aromatic carbocycles. The van der Waals surface area contributed by atoms with Gasteiger partial charge in [0.1, 0.15) is 0 Å². The van der Waals surface area contributed by atoms with Gasteiger partial charge in [0.15, 0.2) is 6.29 Å². The summed E-state index contributed by atoms with van der Waals surface area (Å²) in [6.07, 6.45) is 0.284. The van der Waals surface area contributed by atoms with Crippen LogP contribution >= 0.6 is 10.7 Å². The van der Waals surface area contributed by atoms with Crippen molar-refractivity contribution in [1.82, 2.24) is 0 Å². The molecule has 0 amide bonds. The lowest BCUT2D eigenvalue weighted by Crippen LogP contribution is -2.01.